The Labute approximate surface area is 117 Å². The van der Waals surface area contributed by atoms with Gasteiger partial charge in [0.1, 0.15) is 0 Å². The zero-order chi connectivity index (χ0) is 13.4. The number of benzene rings is 2. The van der Waals surface area contributed by atoms with Gasteiger partial charge in [0.05, 0.1) is 10.7 Å². The summed E-state index contributed by atoms with van der Waals surface area (Å²) in [5, 5.41) is 0.491. The third-order valence-electron chi connectivity index (χ3n) is 3.71. The Kier molecular flexibility index (Phi) is 3.03. The second-order valence-electron chi connectivity index (χ2n) is 4.96. The largest absolute Gasteiger partial charge is 0.398 e. The summed E-state index contributed by atoms with van der Waals surface area (Å²) in [7, 11) is 0. The molecular formula is C16H14ClNO. The van der Waals surface area contributed by atoms with Crippen molar-refractivity contribution in [2.75, 3.05) is 5.73 Å². The van der Waals surface area contributed by atoms with Gasteiger partial charge in [-0.15, -0.1) is 0 Å². The lowest BCUT2D eigenvalue weighted by atomic mass is 9.74. The number of hydrogen-bond donors (Lipinski definition) is 1. The Morgan fingerprint density at radius 3 is 2.79 bits per heavy atom. The molecule has 19 heavy (non-hydrogen) atoms. The minimum absolute atomic E-state index is 0.128. The molecule has 1 unspecified atom stereocenters. The molecule has 0 aliphatic heterocycles. The van der Waals surface area contributed by atoms with Gasteiger partial charge in [-0.1, -0.05) is 35.9 Å². The SMILES string of the molecule is Nc1cc(C(=O)CC2Cc3ccccc32)ccc1Cl. The molecule has 0 bridgehead atoms. The van der Waals surface area contributed by atoms with E-state index in [-0.39, 0.29) is 5.78 Å². The molecule has 0 fully saturated rings. The minimum Gasteiger partial charge on any atom is -0.398 e. The first-order valence-electron chi connectivity index (χ1n) is 6.31. The van der Waals surface area contributed by atoms with Crippen LogP contribution in [0.4, 0.5) is 5.69 Å². The molecule has 2 aromatic rings. The van der Waals surface area contributed by atoms with Crippen molar-refractivity contribution in [2.45, 2.75) is 18.8 Å². The number of anilines is 1. The van der Waals surface area contributed by atoms with E-state index in [9.17, 15) is 4.79 Å². The predicted octanol–water partition coefficient (Wildman–Crippen LogP) is 3.83. The van der Waals surface area contributed by atoms with Crippen LogP contribution in [0.2, 0.25) is 5.02 Å². The van der Waals surface area contributed by atoms with Gasteiger partial charge in [-0.25, -0.2) is 0 Å². The van der Waals surface area contributed by atoms with E-state index in [0.717, 1.165) is 6.42 Å². The molecule has 0 aromatic heterocycles. The highest BCUT2D eigenvalue weighted by molar-refractivity contribution is 6.33. The third kappa shape index (κ3) is 2.24. The number of halogens is 1. The Morgan fingerprint density at radius 1 is 1.26 bits per heavy atom. The van der Waals surface area contributed by atoms with E-state index in [2.05, 4.69) is 12.1 Å². The number of carbonyl (C=O) groups is 1. The van der Waals surface area contributed by atoms with Crippen LogP contribution in [0, 0.1) is 0 Å². The van der Waals surface area contributed by atoms with E-state index < -0.39 is 0 Å². The Morgan fingerprint density at radius 2 is 2.05 bits per heavy atom. The maximum Gasteiger partial charge on any atom is 0.163 e. The number of nitrogens with two attached hydrogens (primary N) is 1. The van der Waals surface area contributed by atoms with Crippen molar-refractivity contribution in [3.8, 4) is 0 Å². The Bertz CT molecular complexity index is 651. The van der Waals surface area contributed by atoms with Crippen LogP contribution in [0.15, 0.2) is 42.5 Å². The molecule has 1 aliphatic carbocycles. The van der Waals surface area contributed by atoms with E-state index >= 15 is 0 Å². The van der Waals surface area contributed by atoms with Crippen molar-refractivity contribution >= 4 is 23.1 Å². The fourth-order valence-electron chi connectivity index (χ4n) is 2.60. The highest BCUT2D eigenvalue weighted by Crippen LogP contribution is 2.38. The summed E-state index contributed by atoms with van der Waals surface area (Å²) in [5.41, 5.74) is 9.49. The first kappa shape index (κ1) is 12.2. The van der Waals surface area contributed by atoms with Crippen LogP contribution in [0.25, 0.3) is 0 Å². The van der Waals surface area contributed by atoms with Gasteiger partial charge < -0.3 is 5.73 Å². The van der Waals surface area contributed by atoms with Crippen molar-refractivity contribution in [3.05, 3.63) is 64.2 Å². The molecule has 1 aliphatic rings. The number of Topliss-reactive ketones (excluding diaryl/α,β-unsaturated/α-hetero) is 1. The van der Waals surface area contributed by atoms with Gasteiger partial charge in [-0.3, -0.25) is 4.79 Å². The molecule has 0 spiro atoms. The van der Waals surface area contributed by atoms with Crippen LogP contribution in [-0.4, -0.2) is 5.78 Å². The number of fused-ring (bicyclic) bond motifs is 1. The van der Waals surface area contributed by atoms with Gasteiger partial charge in [0.25, 0.3) is 0 Å². The predicted molar refractivity (Wildman–Crippen MR) is 77.7 cm³/mol. The summed E-state index contributed by atoms with van der Waals surface area (Å²) < 4.78 is 0. The molecule has 2 aromatic carbocycles. The summed E-state index contributed by atoms with van der Waals surface area (Å²) in [6, 6.07) is 13.4. The van der Waals surface area contributed by atoms with Crippen LogP contribution in [0.5, 0.6) is 0 Å². The quantitative estimate of drug-likeness (QED) is 0.681. The van der Waals surface area contributed by atoms with E-state index in [1.807, 2.05) is 12.1 Å². The number of nitrogen functional groups attached to an aromatic ring is 1. The summed E-state index contributed by atoms with van der Waals surface area (Å²) in [6.07, 6.45) is 1.53. The summed E-state index contributed by atoms with van der Waals surface area (Å²) in [6.45, 7) is 0. The molecule has 0 saturated carbocycles. The molecule has 3 heteroatoms. The van der Waals surface area contributed by atoms with Crippen LogP contribution >= 0.6 is 11.6 Å². The average molecular weight is 272 g/mol. The molecule has 2 nitrogen and oxygen atoms in total. The van der Waals surface area contributed by atoms with Crippen LogP contribution in [-0.2, 0) is 6.42 Å². The smallest absolute Gasteiger partial charge is 0.163 e. The zero-order valence-electron chi connectivity index (χ0n) is 10.4. The zero-order valence-corrected chi connectivity index (χ0v) is 11.2. The van der Waals surface area contributed by atoms with Gasteiger partial charge >= 0.3 is 0 Å². The fraction of sp³-hybridized carbons (Fsp3) is 0.188. The van der Waals surface area contributed by atoms with Gasteiger partial charge in [-0.2, -0.15) is 0 Å². The number of carbonyl (C=O) groups excluding carboxylic acids is 1. The minimum atomic E-state index is 0.128. The van der Waals surface area contributed by atoms with Crippen molar-refractivity contribution in [1.29, 1.82) is 0 Å². The fourth-order valence-corrected chi connectivity index (χ4v) is 2.72. The Balaban J connectivity index is 1.75. The van der Waals surface area contributed by atoms with Crippen molar-refractivity contribution in [3.63, 3.8) is 0 Å². The number of rotatable bonds is 3. The van der Waals surface area contributed by atoms with Crippen molar-refractivity contribution in [2.24, 2.45) is 0 Å². The molecule has 0 amide bonds. The van der Waals surface area contributed by atoms with Crippen molar-refractivity contribution in [1.82, 2.24) is 0 Å². The van der Waals surface area contributed by atoms with Gasteiger partial charge in [-0.05, 0) is 41.7 Å². The van der Waals surface area contributed by atoms with Gasteiger partial charge in [0.15, 0.2) is 5.78 Å². The summed E-state index contributed by atoms with van der Waals surface area (Å²) in [5.74, 6) is 0.475. The van der Waals surface area contributed by atoms with E-state index in [1.165, 1.54) is 11.1 Å². The second-order valence-corrected chi connectivity index (χ2v) is 5.37. The second kappa shape index (κ2) is 4.71. The van der Waals surface area contributed by atoms with Crippen LogP contribution < -0.4 is 5.73 Å². The normalized spacial score (nSPS) is 16.6. The van der Waals surface area contributed by atoms with E-state index in [4.69, 9.17) is 17.3 Å². The molecule has 1 atom stereocenters. The van der Waals surface area contributed by atoms with Crippen LogP contribution in [0.3, 0.4) is 0 Å². The molecular weight excluding hydrogens is 258 g/mol. The van der Waals surface area contributed by atoms with Gasteiger partial charge in [0.2, 0.25) is 0 Å². The molecule has 0 radical (unpaired) electrons. The van der Waals surface area contributed by atoms with E-state index in [0.29, 0.717) is 28.6 Å². The topological polar surface area (TPSA) is 43.1 Å². The first-order chi connectivity index (χ1) is 9.15. The first-order valence-corrected chi connectivity index (χ1v) is 6.69. The average Bonchev–Trinajstić information content (AvgIpc) is 2.39. The monoisotopic (exact) mass is 271 g/mol. The third-order valence-corrected chi connectivity index (χ3v) is 4.06. The number of hydrogen-bond acceptors (Lipinski definition) is 2. The lowest BCUT2D eigenvalue weighted by Crippen LogP contribution is -2.20. The maximum atomic E-state index is 12.2. The van der Waals surface area contributed by atoms with Crippen molar-refractivity contribution < 1.29 is 4.79 Å². The summed E-state index contributed by atoms with van der Waals surface area (Å²) in [4.78, 5) is 12.2. The van der Waals surface area contributed by atoms with Crippen LogP contribution in [0.1, 0.15) is 33.8 Å². The molecule has 96 valence electrons. The van der Waals surface area contributed by atoms with E-state index in [1.54, 1.807) is 18.2 Å². The molecule has 0 heterocycles. The lowest BCUT2D eigenvalue weighted by molar-refractivity contribution is 0.0970. The lowest BCUT2D eigenvalue weighted by Gasteiger charge is -2.29. The maximum absolute atomic E-state index is 12.2. The van der Waals surface area contributed by atoms with Gasteiger partial charge in [0, 0.05) is 12.0 Å². The molecule has 3 rings (SSSR count). The standard InChI is InChI=1S/C16H14ClNO/c17-14-6-5-11(8-15(14)18)16(19)9-12-7-10-3-1-2-4-13(10)12/h1-6,8,12H,7,9,18H2. The Hall–Kier alpha value is -1.80. The molecule has 2 N–H and O–H groups in total. The highest BCUT2D eigenvalue weighted by atomic mass is 35.5. The molecule has 0 saturated heterocycles. The summed E-state index contributed by atoms with van der Waals surface area (Å²) >= 11 is 5.86. The highest BCUT2D eigenvalue weighted by Gasteiger charge is 2.27. The number of ketones is 1.